The van der Waals surface area contributed by atoms with Gasteiger partial charge < -0.3 is 24.5 Å². The van der Waals surface area contributed by atoms with Gasteiger partial charge in [-0.3, -0.25) is 0 Å². The Morgan fingerprint density at radius 1 is 0.895 bits per heavy atom. The highest BCUT2D eigenvalue weighted by Gasteiger charge is 2.26. The number of rotatable bonds is 13. The third-order valence-corrected chi connectivity index (χ3v) is 8.25. The number of hydrogen-bond acceptors (Lipinski definition) is 6. The molecule has 38 heavy (non-hydrogen) atoms. The Balaban J connectivity index is 1.27. The summed E-state index contributed by atoms with van der Waals surface area (Å²) in [7, 11) is -0.429. The summed E-state index contributed by atoms with van der Waals surface area (Å²) in [5, 5.41) is 4.63. The molecular formula is C30H36N2O5S. The molecule has 0 saturated carbocycles. The number of ether oxygens (including phenoxy) is 3. The number of methoxy groups -OCH3 is 2. The van der Waals surface area contributed by atoms with E-state index in [-0.39, 0.29) is 15.8 Å². The maximum Gasteiger partial charge on any atom is 0.222 e. The number of benzene rings is 3. The van der Waals surface area contributed by atoms with Crippen molar-refractivity contribution in [1.82, 2.24) is 10.3 Å². The Morgan fingerprint density at radius 2 is 1.63 bits per heavy atom. The predicted octanol–water partition coefficient (Wildman–Crippen LogP) is 5.74. The molecule has 1 heterocycles. The van der Waals surface area contributed by atoms with Gasteiger partial charge in [0.05, 0.1) is 25.7 Å². The zero-order chi connectivity index (χ0) is 27.1. The Bertz CT molecular complexity index is 1460. The van der Waals surface area contributed by atoms with Crippen LogP contribution in [0.15, 0.2) is 76.7 Å². The van der Waals surface area contributed by atoms with Gasteiger partial charge in [-0.1, -0.05) is 38.1 Å². The minimum atomic E-state index is -3.70. The molecule has 0 aliphatic heterocycles. The number of aromatic amines is 1. The molecule has 8 heteroatoms. The third kappa shape index (κ3) is 6.14. The molecule has 202 valence electrons. The summed E-state index contributed by atoms with van der Waals surface area (Å²) in [6.45, 7) is 6.22. The lowest BCUT2D eigenvalue weighted by atomic mass is 10.0. The van der Waals surface area contributed by atoms with Gasteiger partial charge in [-0.2, -0.15) is 0 Å². The Hall–Kier alpha value is -3.49. The average Bonchev–Trinajstić information content (AvgIpc) is 3.33. The van der Waals surface area contributed by atoms with Gasteiger partial charge in [0.1, 0.15) is 10.8 Å². The lowest BCUT2D eigenvalue weighted by molar-refractivity contribution is 0.308. The van der Waals surface area contributed by atoms with Crippen LogP contribution >= 0.6 is 0 Å². The normalized spacial score (nSPS) is 11.7. The average molecular weight is 537 g/mol. The third-order valence-electron chi connectivity index (χ3n) is 6.50. The summed E-state index contributed by atoms with van der Waals surface area (Å²) in [6.07, 6.45) is 1.71. The van der Waals surface area contributed by atoms with Crippen molar-refractivity contribution in [2.75, 3.05) is 33.9 Å². The monoisotopic (exact) mass is 536 g/mol. The molecule has 0 radical (unpaired) electrons. The minimum absolute atomic E-state index is 0.0613. The second-order valence-corrected chi connectivity index (χ2v) is 11.3. The number of H-pyrrole nitrogens is 1. The van der Waals surface area contributed by atoms with Crippen LogP contribution in [0.4, 0.5) is 0 Å². The van der Waals surface area contributed by atoms with E-state index >= 15 is 0 Å². The second-order valence-electron chi connectivity index (χ2n) is 9.43. The smallest absolute Gasteiger partial charge is 0.222 e. The second kappa shape index (κ2) is 12.4. The van der Waals surface area contributed by atoms with Gasteiger partial charge in [-0.15, -0.1) is 0 Å². The maximum absolute atomic E-state index is 13.5. The highest BCUT2D eigenvalue weighted by Crippen LogP contribution is 2.35. The lowest BCUT2D eigenvalue weighted by Gasteiger charge is -2.11. The van der Waals surface area contributed by atoms with Crippen molar-refractivity contribution in [3.8, 4) is 17.2 Å². The minimum Gasteiger partial charge on any atom is -0.494 e. The van der Waals surface area contributed by atoms with Crippen molar-refractivity contribution in [2.45, 2.75) is 42.5 Å². The first-order chi connectivity index (χ1) is 18.3. The number of fused-ring (bicyclic) bond motifs is 1. The van der Waals surface area contributed by atoms with Gasteiger partial charge >= 0.3 is 0 Å². The molecule has 0 unspecified atom stereocenters. The first-order valence-electron chi connectivity index (χ1n) is 12.8. The largest absolute Gasteiger partial charge is 0.494 e. The van der Waals surface area contributed by atoms with Gasteiger partial charge in [0.15, 0.2) is 11.5 Å². The maximum atomic E-state index is 13.5. The van der Waals surface area contributed by atoms with Crippen LogP contribution in [0.1, 0.15) is 37.3 Å². The summed E-state index contributed by atoms with van der Waals surface area (Å²) in [4.78, 5) is 3.39. The molecule has 0 aliphatic rings. The molecule has 7 nitrogen and oxygen atoms in total. The van der Waals surface area contributed by atoms with Crippen LogP contribution in [0.3, 0.4) is 0 Å². The molecule has 0 aliphatic carbocycles. The quantitative estimate of drug-likeness (QED) is 0.212. The molecule has 0 saturated heterocycles. The fraction of sp³-hybridized carbons (Fsp3) is 0.333. The molecule has 3 aromatic carbocycles. The highest BCUT2D eigenvalue weighted by molar-refractivity contribution is 7.91. The fourth-order valence-electron chi connectivity index (χ4n) is 4.54. The summed E-state index contributed by atoms with van der Waals surface area (Å²) in [5.74, 6) is 2.17. The summed E-state index contributed by atoms with van der Waals surface area (Å²) < 4.78 is 43.4. The number of nitrogens with one attached hydrogen (secondary N) is 2. The van der Waals surface area contributed by atoms with Crippen LogP contribution in [0, 0.1) is 0 Å². The van der Waals surface area contributed by atoms with Crippen LogP contribution in [-0.2, 0) is 16.3 Å². The summed E-state index contributed by atoms with van der Waals surface area (Å²) in [5.41, 5.74) is 2.82. The van der Waals surface area contributed by atoms with Crippen LogP contribution in [0.25, 0.3) is 10.9 Å². The van der Waals surface area contributed by atoms with E-state index in [4.69, 9.17) is 14.2 Å². The van der Waals surface area contributed by atoms with Crippen LogP contribution < -0.4 is 19.5 Å². The van der Waals surface area contributed by atoms with Gasteiger partial charge in [-0.05, 0) is 85.4 Å². The van der Waals surface area contributed by atoms with Gasteiger partial charge in [-0.25, -0.2) is 8.42 Å². The molecule has 2 N–H and O–H groups in total. The van der Waals surface area contributed by atoms with Gasteiger partial charge in [0.2, 0.25) is 9.84 Å². The van der Waals surface area contributed by atoms with Crippen molar-refractivity contribution >= 4 is 20.7 Å². The van der Waals surface area contributed by atoms with E-state index in [1.807, 2.05) is 56.3 Å². The molecular weight excluding hydrogens is 500 g/mol. The number of sulfone groups is 1. The Labute approximate surface area is 225 Å². The van der Waals surface area contributed by atoms with Gasteiger partial charge in [0, 0.05) is 10.9 Å². The van der Waals surface area contributed by atoms with E-state index in [1.165, 1.54) is 5.56 Å². The van der Waals surface area contributed by atoms with E-state index in [0.717, 1.165) is 53.9 Å². The zero-order valence-electron chi connectivity index (χ0n) is 22.4. The number of aromatic nitrogens is 1. The van der Waals surface area contributed by atoms with Gasteiger partial charge in [0.25, 0.3) is 0 Å². The standard InChI is InChI=1S/C30H36N2O5S/c1-21(2)29-25-8-5-6-9-26(25)32-30(29)38(33,34)24-13-11-23(12-14-24)37-19-7-17-31-18-16-22-10-15-27(35-3)28(20-22)36-4/h5-6,8-15,20-21,31-32H,7,16-19H2,1-4H3. The molecule has 4 rings (SSSR count). The number of para-hydroxylation sites is 1. The molecule has 0 amide bonds. The highest BCUT2D eigenvalue weighted by atomic mass is 32.2. The molecule has 0 spiro atoms. The fourth-order valence-corrected chi connectivity index (χ4v) is 6.15. The number of hydrogen-bond donors (Lipinski definition) is 2. The molecule has 0 bridgehead atoms. The van der Waals surface area contributed by atoms with Crippen molar-refractivity contribution in [2.24, 2.45) is 0 Å². The molecule has 0 fully saturated rings. The zero-order valence-corrected chi connectivity index (χ0v) is 23.2. The van der Waals surface area contributed by atoms with Crippen LogP contribution in [0.5, 0.6) is 17.2 Å². The van der Waals surface area contributed by atoms with Crippen LogP contribution in [-0.4, -0.2) is 47.3 Å². The van der Waals surface area contributed by atoms with E-state index < -0.39 is 9.84 Å². The van der Waals surface area contributed by atoms with Crippen molar-refractivity contribution in [3.05, 3.63) is 77.9 Å². The van der Waals surface area contributed by atoms with Crippen molar-refractivity contribution < 1.29 is 22.6 Å². The van der Waals surface area contributed by atoms with Crippen LogP contribution in [0.2, 0.25) is 0 Å². The predicted molar refractivity (Wildman–Crippen MR) is 151 cm³/mol. The van der Waals surface area contributed by atoms with E-state index in [9.17, 15) is 8.42 Å². The Kier molecular flexibility index (Phi) is 8.97. The Morgan fingerprint density at radius 3 is 2.34 bits per heavy atom. The summed E-state index contributed by atoms with van der Waals surface area (Å²) >= 11 is 0. The summed E-state index contributed by atoms with van der Waals surface area (Å²) in [6, 6.07) is 20.3. The first-order valence-corrected chi connectivity index (χ1v) is 14.3. The molecule has 4 aromatic rings. The van der Waals surface area contributed by atoms with E-state index in [1.54, 1.807) is 38.5 Å². The lowest BCUT2D eigenvalue weighted by Crippen LogP contribution is -2.20. The van der Waals surface area contributed by atoms with E-state index in [2.05, 4.69) is 10.3 Å². The SMILES string of the molecule is COc1ccc(CCNCCCOc2ccc(S(=O)(=O)c3[nH]c4ccccc4c3C(C)C)cc2)cc1OC. The van der Waals surface area contributed by atoms with E-state index in [0.29, 0.717) is 12.4 Å². The van der Waals surface area contributed by atoms with Crippen molar-refractivity contribution in [3.63, 3.8) is 0 Å². The topological polar surface area (TPSA) is 89.6 Å². The van der Waals surface area contributed by atoms with Crippen molar-refractivity contribution in [1.29, 1.82) is 0 Å². The first kappa shape index (κ1) is 27.5. The molecule has 0 atom stereocenters. The molecule has 1 aromatic heterocycles.